The first-order valence-corrected chi connectivity index (χ1v) is 20.7. The summed E-state index contributed by atoms with van der Waals surface area (Å²) in [6, 6.07) is 55.6. The fourth-order valence-electron chi connectivity index (χ4n) is 8.42. The average Bonchev–Trinajstić information content (AvgIpc) is 3.80. The molecule has 0 atom stereocenters. The maximum atomic E-state index is 6.79. The maximum absolute atomic E-state index is 6.79. The molecule has 3 heterocycles. The number of nitrogens with zero attached hydrogens (tertiary/aromatic N) is 4. The molecule has 0 spiro atoms. The number of ether oxygens (including phenoxy) is 1. The Hall–Kier alpha value is -6.72. The Labute approximate surface area is 347 Å². The van der Waals surface area contributed by atoms with Crippen LogP contribution in [-0.2, 0) is 5.41 Å². The second-order valence-electron chi connectivity index (χ2n) is 17.1. The SMILES string of the molecule is CC(C)c1cccc(C(C)C)c1-c1c(-c2ccccc2)nn(-c2cccc(Oc3ccc4c5ccccc5n(-c5cc(C(C)(C)C)ccn5)c4c3)c2)c1-c1ccccc1. The van der Waals surface area contributed by atoms with Gasteiger partial charge in [-0.3, -0.25) is 4.57 Å². The highest BCUT2D eigenvalue weighted by Crippen LogP contribution is 2.47. The molecular formula is C54H50N4O. The molecule has 0 fully saturated rings. The predicted octanol–water partition coefficient (Wildman–Crippen LogP) is 14.7. The molecule has 0 saturated heterocycles. The third-order valence-electron chi connectivity index (χ3n) is 11.4. The van der Waals surface area contributed by atoms with E-state index in [9.17, 15) is 0 Å². The lowest BCUT2D eigenvalue weighted by molar-refractivity contribution is 0.483. The Morgan fingerprint density at radius 2 is 1.17 bits per heavy atom. The van der Waals surface area contributed by atoms with E-state index in [2.05, 4.69) is 209 Å². The van der Waals surface area contributed by atoms with Gasteiger partial charge in [0.1, 0.15) is 23.0 Å². The van der Waals surface area contributed by atoms with Crippen molar-refractivity contribution in [1.82, 2.24) is 19.3 Å². The molecule has 292 valence electrons. The number of fused-ring (bicyclic) bond motifs is 3. The van der Waals surface area contributed by atoms with Crippen LogP contribution in [0.3, 0.4) is 0 Å². The van der Waals surface area contributed by atoms with Gasteiger partial charge in [0, 0.05) is 45.8 Å². The molecule has 0 amide bonds. The molecule has 0 aliphatic carbocycles. The maximum Gasteiger partial charge on any atom is 0.137 e. The molecule has 0 radical (unpaired) electrons. The van der Waals surface area contributed by atoms with Crippen molar-refractivity contribution < 1.29 is 4.74 Å². The summed E-state index contributed by atoms with van der Waals surface area (Å²) in [5, 5.41) is 7.86. The standard InChI is InChI=1S/C54H50N4O/c1-35(2)43-25-17-26-44(36(3)4)50(43)51-52(37-18-10-8-11-19-37)56-58(53(51)38-20-12-9-13-21-38)40-22-16-23-41(33-40)59-42-28-29-46-45-24-14-15-27-47(45)57(48(46)34-42)49-32-39(30-31-55-49)54(5,6)7/h8-36H,1-7H3. The lowest BCUT2D eigenvalue weighted by atomic mass is 9.82. The molecule has 0 unspecified atom stereocenters. The van der Waals surface area contributed by atoms with Gasteiger partial charge in [-0.05, 0) is 82.0 Å². The van der Waals surface area contributed by atoms with Gasteiger partial charge in [0.2, 0.25) is 0 Å². The van der Waals surface area contributed by atoms with Gasteiger partial charge in [-0.25, -0.2) is 9.67 Å². The zero-order chi connectivity index (χ0) is 40.8. The topological polar surface area (TPSA) is 44.9 Å². The normalized spacial score (nSPS) is 11.9. The molecule has 0 bridgehead atoms. The van der Waals surface area contributed by atoms with E-state index in [4.69, 9.17) is 14.8 Å². The minimum Gasteiger partial charge on any atom is -0.457 e. The van der Waals surface area contributed by atoms with Crippen molar-refractivity contribution in [3.05, 3.63) is 181 Å². The highest BCUT2D eigenvalue weighted by molar-refractivity contribution is 6.09. The van der Waals surface area contributed by atoms with E-state index in [-0.39, 0.29) is 5.41 Å². The van der Waals surface area contributed by atoms with Crippen LogP contribution in [0.1, 0.15) is 77.0 Å². The summed E-state index contributed by atoms with van der Waals surface area (Å²) >= 11 is 0. The van der Waals surface area contributed by atoms with Gasteiger partial charge in [-0.2, -0.15) is 5.10 Å². The number of aromatic nitrogens is 4. The lowest BCUT2D eigenvalue weighted by Gasteiger charge is -2.21. The van der Waals surface area contributed by atoms with Gasteiger partial charge in [0.05, 0.1) is 22.4 Å². The third-order valence-corrected chi connectivity index (χ3v) is 11.4. The van der Waals surface area contributed by atoms with Crippen LogP contribution in [0, 0.1) is 0 Å². The highest BCUT2D eigenvalue weighted by atomic mass is 16.5. The van der Waals surface area contributed by atoms with Crippen molar-refractivity contribution in [3.8, 4) is 56.6 Å². The molecule has 5 heteroatoms. The second-order valence-corrected chi connectivity index (χ2v) is 17.1. The highest BCUT2D eigenvalue weighted by Gasteiger charge is 2.28. The number of para-hydroxylation sites is 1. The fraction of sp³-hybridized carbons (Fsp3) is 0.185. The van der Waals surface area contributed by atoms with E-state index >= 15 is 0 Å². The van der Waals surface area contributed by atoms with E-state index in [1.54, 1.807) is 0 Å². The van der Waals surface area contributed by atoms with Crippen LogP contribution >= 0.6 is 0 Å². The predicted molar refractivity (Wildman–Crippen MR) is 245 cm³/mol. The van der Waals surface area contributed by atoms with E-state index in [1.165, 1.54) is 27.6 Å². The molecule has 0 aliphatic heterocycles. The minimum absolute atomic E-state index is 0.0121. The number of pyridine rings is 1. The molecule has 3 aromatic heterocycles. The molecule has 0 N–H and O–H groups in total. The van der Waals surface area contributed by atoms with Crippen LogP contribution in [0.5, 0.6) is 11.5 Å². The molecule has 9 rings (SSSR count). The largest absolute Gasteiger partial charge is 0.457 e. The first-order valence-electron chi connectivity index (χ1n) is 20.7. The number of benzene rings is 6. The van der Waals surface area contributed by atoms with E-state index in [0.29, 0.717) is 11.8 Å². The monoisotopic (exact) mass is 770 g/mol. The Bertz CT molecular complexity index is 2920. The summed E-state index contributed by atoms with van der Waals surface area (Å²) in [6.07, 6.45) is 1.92. The fourth-order valence-corrected chi connectivity index (χ4v) is 8.42. The van der Waals surface area contributed by atoms with Crippen molar-refractivity contribution in [2.24, 2.45) is 0 Å². The molecule has 9 aromatic rings. The zero-order valence-corrected chi connectivity index (χ0v) is 34.9. The second kappa shape index (κ2) is 15.2. The summed E-state index contributed by atoms with van der Waals surface area (Å²) in [5.41, 5.74) is 13.5. The van der Waals surface area contributed by atoms with Crippen molar-refractivity contribution >= 4 is 21.8 Å². The summed E-state index contributed by atoms with van der Waals surface area (Å²) in [4.78, 5) is 4.88. The van der Waals surface area contributed by atoms with Crippen LogP contribution in [0.25, 0.3) is 67.0 Å². The van der Waals surface area contributed by atoms with Crippen LogP contribution in [0.4, 0.5) is 0 Å². The summed E-state index contributed by atoms with van der Waals surface area (Å²) in [7, 11) is 0. The summed E-state index contributed by atoms with van der Waals surface area (Å²) in [5.74, 6) is 2.97. The first-order chi connectivity index (χ1) is 28.6. The van der Waals surface area contributed by atoms with Crippen molar-refractivity contribution in [2.75, 3.05) is 0 Å². The molecule has 6 aromatic carbocycles. The van der Waals surface area contributed by atoms with E-state index in [1.807, 2.05) is 12.3 Å². The quantitative estimate of drug-likeness (QED) is 0.147. The summed E-state index contributed by atoms with van der Waals surface area (Å²) < 4.78 is 11.2. The lowest BCUT2D eigenvalue weighted by Crippen LogP contribution is -2.12. The van der Waals surface area contributed by atoms with Crippen molar-refractivity contribution in [1.29, 1.82) is 0 Å². The number of hydrogen-bond acceptors (Lipinski definition) is 3. The Kier molecular flexibility index (Phi) is 9.76. The smallest absolute Gasteiger partial charge is 0.137 e. The van der Waals surface area contributed by atoms with Gasteiger partial charge in [-0.15, -0.1) is 0 Å². The Balaban J connectivity index is 1.22. The van der Waals surface area contributed by atoms with Gasteiger partial charge < -0.3 is 4.74 Å². The van der Waals surface area contributed by atoms with Crippen LogP contribution in [-0.4, -0.2) is 19.3 Å². The molecule has 5 nitrogen and oxygen atoms in total. The van der Waals surface area contributed by atoms with Crippen molar-refractivity contribution in [2.45, 2.75) is 65.7 Å². The average molecular weight is 771 g/mol. The van der Waals surface area contributed by atoms with Gasteiger partial charge in [0.25, 0.3) is 0 Å². The molecule has 0 aliphatic rings. The number of hydrogen-bond donors (Lipinski definition) is 0. The number of rotatable bonds is 9. The van der Waals surface area contributed by atoms with Crippen LogP contribution in [0.2, 0.25) is 0 Å². The Morgan fingerprint density at radius 1 is 0.542 bits per heavy atom. The molecular weight excluding hydrogens is 721 g/mol. The summed E-state index contributed by atoms with van der Waals surface area (Å²) in [6.45, 7) is 15.9. The van der Waals surface area contributed by atoms with Crippen molar-refractivity contribution in [3.63, 3.8) is 0 Å². The first kappa shape index (κ1) is 37.8. The van der Waals surface area contributed by atoms with Crippen LogP contribution in [0.15, 0.2) is 164 Å². The molecule has 59 heavy (non-hydrogen) atoms. The van der Waals surface area contributed by atoms with E-state index < -0.39 is 0 Å². The zero-order valence-electron chi connectivity index (χ0n) is 34.9. The minimum atomic E-state index is -0.0121. The van der Waals surface area contributed by atoms with Gasteiger partial charge in [-0.1, -0.05) is 152 Å². The third kappa shape index (κ3) is 7.01. The van der Waals surface area contributed by atoms with E-state index in [0.717, 1.165) is 67.5 Å². The molecule has 0 saturated carbocycles. The van der Waals surface area contributed by atoms with Gasteiger partial charge in [0.15, 0.2) is 0 Å². The van der Waals surface area contributed by atoms with Gasteiger partial charge >= 0.3 is 0 Å². The Morgan fingerprint density at radius 3 is 1.86 bits per heavy atom. The van der Waals surface area contributed by atoms with Crippen LogP contribution < -0.4 is 4.74 Å².